The number of para-hydroxylation sites is 1. The Morgan fingerprint density at radius 2 is 2.03 bits per heavy atom. The van der Waals surface area contributed by atoms with Crippen molar-refractivity contribution in [1.82, 2.24) is 20.0 Å². The predicted octanol–water partition coefficient (Wildman–Crippen LogP) is 4.09. The molecular weight excluding hydrogens is 477 g/mol. The molecule has 1 aromatic carbocycles. The number of hydrogen-bond acceptors (Lipinski definition) is 3. The van der Waals surface area contributed by atoms with Crippen molar-refractivity contribution in [1.29, 1.82) is 0 Å². The number of ether oxygens (including phenoxy) is 1. The van der Waals surface area contributed by atoms with Crippen molar-refractivity contribution in [2.24, 2.45) is 10.4 Å². The van der Waals surface area contributed by atoms with E-state index in [1.54, 1.807) is 0 Å². The van der Waals surface area contributed by atoms with Gasteiger partial charge in [0, 0.05) is 51.7 Å². The van der Waals surface area contributed by atoms with Crippen molar-refractivity contribution >= 4 is 29.9 Å². The molecule has 1 heterocycles. The van der Waals surface area contributed by atoms with Gasteiger partial charge in [-0.05, 0) is 50.7 Å². The maximum Gasteiger partial charge on any atom is 0.193 e. The summed E-state index contributed by atoms with van der Waals surface area (Å²) in [7, 11) is 2.08. The minimum atomic E-state index is 0. The number of nitrogens with one attached hydrogen (secondary N) is 1. The number of halogens is 1. The van der Waals surface area contributed by atoms with E-state index < -0.39 is 0 Å². The fraction of sp³-hybridized carbons (Fsp3) is 0.545. The van der Waals surface area contributed by atoms with Crippen LogP contribution < -0.4 is 5.32 Å². The summed E-state index contributed by atoms with van der Waals surface area (Å²) >= 11 is 0. The number of nitrogens with zero attached hydrogens (tertiary/aromatic N) is 4. The lowest BCUT2D eigenvalue weighted by atomic mass is 10.0. The normalized spacial score (nSPS) is 14.9. The van der Waals surface area contributed by atoms with E-state index in [9.17, 15) is 0 Å². The van der Waals surface area contributed by atoms with Crippen LogP contribution >= 0.6 is 24.0 Å². The summed E-state index contributed by atoms with van der Waals surface area (Å²) in [5, 5.41) is 7.92. The highest BCUT2D eigenvalue weighted by Gasteiger charge is 2.42. The van der Waals surface area contributed by atoms with Crippen LogP contribution in [0.1, 0.15) is 38.7 Å². The van der Waals surface area contributed by atoms with Gasteiger partial charge in [-0.15, -0.1) is 24.0 Å². The highest BCUT2D eigenvalue weighted by atomic mass is 127. The minimum absolute atomic E-state index is 0. The van der Waals surface area contributed by atoms with E-state index in [-0.39, 0.29) is 24.0 Å². The lowest BCUT2D eigenvalue weighted by Crippen LogP contribution is -2.38. The smallest absolute Gasteiger partial charge is 0.193 e. The van der Waals surface area contributed by atoms with Gasteiger partial charge < -0.3 is 15.0 Å². The number of hydrogen-bond donors (Lipinski definition) is 1. The monoisotopic (exact) mass is 511 g/mol. The highest BCUT2D eigenvalue weighted by molar-refractivity contribution is 14.0. The number of aliphatic imine (C=N–C) groups is 1. The van der Waals surface area contributed by atoms with E-state index in [0.717, 1.165) is 56.5 Å². The van der Waals surface area contributed by atoms with Crippen molar-refractivity contribution < 1.29 is 4.74 Å². The third-order valence-electron chi connectivity index (χ3n) is 5.28. The molecule has 1 N–H and O–H groups in total. The Labute approximate surface area is 191 Å². The van der Waals surface area contributed by atoms with Crippen LogP contribution in [0.25, 0.3) is 5.69 Å². The first-order valence-corrected chi connectivity index (χ1v) is 10.3. The zero-order valence-corrected chi connectivity index (χ0v) is 20.1. The quantitative estimate of drug-likeness (QED) is 0.226. The summed E-state index contributed by atoms with van der Waals surface area (Å²) in [5.74, 6) is 0.956. The molecule has 1 fully saturated rings. The number of guanidine groups is 1. The van der Waals surface area contributed by atoms with Crippen LogP contribution in [0.5, 0.6) is 0 Å². The first-order valence-electron chi connectivity index (χ1n) is 10.3. The van der Waals surface area contributed by atoms with Gasteiger partial charge in [0.05, 0.1) is 11.9 Å². The van der Waals surface area contributed by atoms with Crippen molar-refractivity contribution in [3.8, 4) is 5.69 Å². The maximum absolute atomic E-state index is 5.55. The Hall–Kier alpha value is -1.61. The summed E-state index contributed by atoms with van der Waals surface area (Å²) in [6.45, 7) is 8.30. The topological polar surface area (TPSA) is 54.7 Å². The van der Waals surface area contributed by atoms with Gasteiger partial charge >= 0.3 is 0 Å². The molecule has 7 heteroatoms. The van der Waals surface area contributed by atoms with Gasteiger partial charge in [0.15, 0.2) is 5.96 Å². The van der Waals surface area contributed by atoms with E-state index in [1.807, 2.05) is 29.1 Å². The van der Waals surface area contributed by atoms with Gasteiger partial charge in [-0.2, -0.15) is 5.10 Å². The first kappa shape index (κ1) is 23.7. The largest absolute Gasteiger partial charge is 0.382 e. The molecule has 0 bridgehead atoms. The van der Waals surface area contributed by atoms with Crippen LogP contribution in [0.2, 0.25) is 0 Å². The third-order valence-corrected chi connectivity index (χ3v) is 5.28. The summed E-state index contributed by atoms with van der Waals surface area (Å²) in [5.41, 5.74) is 2.59. The summed E-state index contributed by atoms with van der Waals surface area (Å²) < 4.78 is 7.46. The predicted molar refractivity (Wildman–Crippen MR) is 129 cm³/mol. The third kappa shape index (κ3) is 6.99. The van der Waals surface area contributed by atoms with E-state index >= 15 is 0 Å². The van der Waals surface area contributed by atoms with Gasteiger partial charge in [0.1, 0.15) is 0 Å². The van der Waals surface area contributed by atoms with Crippen molar-refractivity contribution in [3.63, 3.8) is 0 Å². The van der Waals surface area contributed by atoms with E-state index in [0.29, 0.717) is 5.41 Å². The first-order chi connectivity index (χ1) is 13.7. The minimum Gasteiger partial charge on any atom is -0.382 e. The lowest BCUT2D eigenvalue weighted by Gasteiger charge is -2.22. The average Bonchev–Trinajstić information content (AvgIpc) is 3.33. The molecule has 6 nitrogen and oxygen atoms in total. The molecule has 0 spiro atoms. The van der Waals surface area contributed by atoms with Gasteiger partial charge in [-0.3, -0.25) is 4.99 Å². The van der Waals surface area contributed by atoms with Crippen LogP contribution in [0.4, 0.5) is 0 Å². The van der Waals surface area contributed by atoms with E-state index in [1.165, 1.54) is 12.8 Å². The number of aromatic nitrogens is 2. The molecular formula is C22H34IN5O. The Morgan fingerprint density at radius 1 is 1.28 bits per heavy atom. The van der Waals surface area contributed by atoms with Gasteiger partial charge in [-0.1, -0.05) is 18.2 Å². The Bertz CT molecular complexity index is 758. The molecule has 1 aromatic heterocycles. The Kier molecular flexibility index (Phi) is 9.42. The highest BCUT2D eigenvalue weighted by Crippen LogP contribution is 2.49. The molecule has 0 aliphatic heterocycles. The van der Waals surface area contributed by atoms with E-state index in [4.69, 9.17) is 9.73 Å². The molecule has 1 aliphatic carbocycles. The fourth-order valence-electron chi connectivity index (χ4n) is 3.32. The summed E-state index contributed by atoms with van der Waals surface area (Å²) in [6.07, 6.45) is 7.64. The Morgan fingerprint density at radius 3 is 2.69 bits per heavy atom. The maximum atomic E-state index is 5.55. The van der Waals surface area contributed by atoms with Crippen LogP contribution in [-0.2, 0) is 11.3 Å². The van der Waals surface area contributed by atoms with Gasteiger partial charge in [-0.25, -0.2) is 4.68 Å². The Balaban J connectivity index is 0.00000300. The molecule has 0 atom stereocenters. The second-order valence-electron chi connectivity index (χ2n) is 7.60. The standard InChI is InChI=1S/C22H33N5O.HI/c1-4-23-21(24-18-22(11-12-22)13-14-28-5-2)26(3)16-19-15-25-27(17-19)20-9-7-6-8-10-20;/h6-10,15,17H,4-5,11-14,16,18H2,1-3H3,(H,23,24);1H. The molecule has 0 unspecified atom stereocenters. The van der Waals surface area contributed by atoms with Gasteiger partial charge in [0.2, 0.25) is 0 Å². The van der Waals surface area contributed by atoms with Crippen LogP contribution in [0.3, 0.4) is 0 Å². The molecule has 3 rings (SSSR count). The lowest BCUT2D eigenvalue weighted by molar-refractivity contribution is 0.129. The zero-order valence-electron chi connectivity index (χ0n) is 17.8. The number of benzene rings is 1. The second-order valence-corrected chi connectivity index (χ2v) is 7.60. The fourth-order valence-corrected chi connectivity index (χ4v) is 3.32. The molecule has 0 amide bonds. The van der Waals surface area contributed by atoms with Crippen molar-refractivity contribution in [3.05, 3.63) is 48.3 Å². The molecule has 160 valence electrons. The zero-order chi connectivity index (χ0) is 19.8. The molecule has 29 heavy (non-hydrogen) atoms. The van der Waals surface area contributed by atoms with Crippen molar-refractivity contribution in [2.75, 3.05) is 33.4 Å². The summed E-state index contributed by atoms with van der Waals surface area (Å²) in [4.78, 5) is 7.11. The van der Waals surface area contributed by atoms with Crippen LogP contribution in [0, 0.1) is 5.41 Å². The molecule has 0 radical (unpaired) electrons. The molecule has 1 saturated carbocycles. The molecule has 0 saturated heterocycles. The van der Waals surface area contributed by atoms with Crippen LogP contribution in [-0.4, -0.2) is 54.0 Å². The summed E-state index contributed by atoms with van der Waals surface area (Å²) in [6, 6.07) is 10.2. The van der Waals surface area contributed by atoms with E-state index in [2.05, 4.69) is 54.5 Å². The number of rotatable bonds is 10. The van der Waals surface area contributed by atoms with Crippen molar-refractivity contribution in [2.45, 2.75) is 39.7 Å². The van der Waals surface area contributed by atoms with Crippen LogP contribution in [0.15, 0.2) is 47.7 Å². The molecule has 1 aliphatic rings. The molecule has 2 aromatic rings. The second kappa shape index (κ2) is 11.5. The average molecular weight is 511 g/mol. The van der Waals surface area contributed by atoms with Gasteiger partial charge in [0.25, 0.3) is 0 Å². The SMILES string of the molecule is CCNC(=NCC1(CCOCC)CC1)N(C)Cc1cnn(-c2ccccc2)c1.I.